The van der Waals surface area contributed by atoms with E-state index in [-0.39, 0.29) is 0 Å². The normalized spacial score (nSPS) is 20.1. The highest BCUT2D eigenvalue weighted by Gasteiger charge is 2.23. The Morgan fingerprint density at radius 2 is 1.59 bits per heavy atom. The largest absolute Gasteiger partial charge is 0.355 e. The van der Waals surface area contributed by atoms with Gasteiger partial charge in [0, 0.05) is 18.7 Å². The third-order valence-corrected chi connectivity index (χ3v) is 3.30. The summed E-state index contributed by atoms with van der Waals surface area (Å²) in [4.78, 5) is 11.7. The van der Waals surface area contributed by atoms with Crippen molar-refractivity contribution in [3.05, 3.63) is 35.9 Å². The molecule has 3 nitrogen and oxygen atoms in total. The van der Waals surface area contributed by atoms with Crippen molar-refractivity contribution < 1.29 is 0 Å². The van der Waals surface area contributed by atoms with Crippen LogP contribution in [0.25, 0.3) is 0 Å². The first-order valence-corrected chi connectivity index (χ1v) is 6.35. The highest BCUT2D eigenvalue weighted by atomic mass is 15.2. The van der Waals surface area contributed by atoms with E-state index in [0.717, 1.165) is 37.7 Å². The molecule has 1 aromatic carbocycles. The smallest absolute Gasteiger partial charge is 0.150 e. The molecule has 1 fully saturated rings. The van der Waals surface area contributed by atoms with Crippen molar-refractivity contribution in [1.29, 1.82) is 0 Å². The van der Waals surface area contributed by atoms with Crippen LogP contribution in [0.2, 0.25) is 0 Å². The van der Waals surface area contributed by atoms with Crippen molar-refractivity contribution >= 4 is 11.5 Å². The Labute approximate surface area is 102 Å². The first-order valence-electron chi connectivity index (χ1n) is 6.35. The summed E-state index contributed by atoms with van der Waals surface area (Å²) in [5.74, 6) is 1.11. The zero-order chi connectivity index (χ0) is 11.5. The van der Waals surface area contributed by atoms with E-state index < -0.39 is 0 Å². The predicted molar refractivity (Wildman–Crippen MR) is 71.0 cm³/mol. The Hall–Kier alpha value is -1.64. The molecule has 3 rings (SSSR count). The van der Waals surface area contributed by atoms with Gasteiger partial charge in [-0.15, -0.1) is 0 Å². The molecule has 3 heteroatoms. The Morgan fingerprint density at radius 1 is 0.882 bits per heavy atom. The zero-order valence-corrected chi connectivity index (χ0v) is 9.97. The van der Waals surface area contributed by atoms with Crippen LogP contribution in [-0.4, -0.2) is 42.6 Å². The summed E-state index contributed by atoms with van der Waals surface area (Å²) in [6.45, 7) is 3.92. The quantitative estimate of drug-likeness (QED) is 0.721. The molecule has 0 radical (unpaired) electrons. The molecule has 0 saturated carbocycles. The van der Waals surface area contributed by atoms with Crippen molar-refractivity contribution in [1.82, 2.24) is 4.90 Å². The van der Waals surface area contributed by atoms with E-state index >= 15 is 0 Å². The molecule has 88 valence electrons. The minimum absolute atomic E-state index is 0.821. The van der Waals surface area contributed by atoms with Crippen molar-refractivity contribution in [2.75, 3.05) is 26.2 Å². The molecule has 2 heterocycles. The fourth-order valence-electron chi connectivity index (χ4n) is 2.46. The van der Waals surface area contributed by atoms with E-state index in [0.29, 0.717) is 0 Å². The lowest BCUT2D eigenvalue weighted by atomic mass is 10.1. The fraction of sp³-hybridized carbons (Fsp3) is 0.429. The van der Waals surface area contributed by atoms with Crippen LogP contribution in [0.1, 0.15) is 18.4 Å². The summed E-state index contributed by atoms with van der Waals surface area (Å²) in [6, 6.07) is 10.4. The van der Waals surface area contributed by atoms with Crippen molar-refractivity contribution in [3.63, 3.8) is 0 Å². The number of likely N-dealkylation sites (tertiary alicyclic amines) is 1. The molecule has 2 aliphatic heterocycles. The number of rotatable bonds is 1. The number of hydrogen-bond donors (Lipinski definition) is 0. The maximum absolute atomic E-state index is 4.68. The third-order valence-electron chi connectivity index (χ3n) is 3.30. The van der Waals surface area contributed by atoms with Crippen LogP contribution in [0.3, 0.4) is 0 Å². The Balaban J connectivity index is 1.91. The van der Waals surface area contributed by atoms with Gasteiger partial charge in [0.2, 0.25) is 0 Å². The molecule has 0 N–H and O–H groups in total. The average Bonchev–Trinajstić information content (AvgIpc) is 2.94. The number of nitrogens with zero attached hydrogens (tertiary/aromatic N) is 3. The molecule has 17 heavy (non-hydrogen) atoms. The summed E-state index contributed by atoms with van der Waals surface area (Å²) < 4.78 is 0. The van der Waals surface area contributed by atoms with Gasteiger partial charge in [-0.2, -0.15) is 0 Å². The minimum Gasteiger partial charge on any atom is -0.355 e. The van der Waals surface area contributed by atoms with E-state index in [1.165, 1.54) is 18.4 Å². The molecule has 1 saturated heterocycles. The predicted octanol–water partition coefficient (Wildman–Crippen LogP) is 1.98. The summed E-state index contributed by atoms with van der Waals surface area (Å²) in [6.07, 6.45) is 2.56. The second kappa shape index (κ2) is 4.70. The number of aliphatic imine (C=N–C) groups is 2. The molecule has 0 bridgehead atoms. The van der Waals surface area contributed by atoms with Crippen LogP contribution in [0, 0.1) is 0 Å². The number of benzene rings is 1. The van der Waals surface area contributed by atoms with Gasteiger partial charge in [-0.3, -0.25) is 9.98 Å². The minimum atomic E-state index is 0.821. The van der Waals surface area contributed by atoms with Gasteiger partial charge in [0.1, 0.15) is 11.5 Å². The maximum Gasteiger partial charge on any atom is 0.150 e. The molecule has 0 spiro atoms. The monoisotopic (exact) mass is 227 g/mol. The summed E-state index contributed by atoms with van der Waals surface area (Å²) in [5, 5.41) is 0. The average molecular weight is 227 g/mol. The van der Waals surface area contributed by atoms with Crippen LogP contribution in [0.5, 0.6) is 0 Å². The SMILES string of the molecule is c1ccc(C2=NCCN=C2N2CCCC2)cc1. The van der Waals surface area contributed by atoms with E-state index in [4.69, 9.17) is 0 Å². The van der Waals surface area contributed by atoms with E-state index in [9.17, 15) is 0 Å². The highest BCUT2D eigenvalue weighted by molar-refractivity contribution is 6.47. The lowest BCUT2D eigenvalue weighted by molar-refractivity contribution is 0.522. The van der Waals surface area contributed by atoms with Gasteiger partial charge in [-0.05, 0) is 12.8 Å². The number of hydrogen-bond acceptors (Lipinski definition) is 3. The van der Waals surface area contributed by atoms with Gasteiger partial charge in [-0.25, -0.2) is 0 Å². The maximum atomic E-state index is 4.68. The molecule has 2 aliphatic rings. The molecule has 0 amide bonds. The van der Waals surface area contributed by atoms with E-state index in [1.54, 1.807) is 0 Å². The Morgan fingerprint density at radius 3 is 2.35 bits per heavy atom. The van der Waals surface area contributed by atoms with Crippen LogP contribution in [0.4, 0.5) is 0 Å². The van der Waals surface area contributed by atoms with Gasteiger partial charge >= 0.3 is 0 Å². The standard InChI is InChI=1S/C14H17N3/c1-2-6-12(7-3-1)13-14(16-9-8-15-13)17-10-4-5-11-17/h1-3,6-7H,4-5,8-11H2. The van der Waals surface area contributed by atoms with Crippen LogP contribution in [-0.2, 0) is 0 Å². The number of amidine groups is 1. The molecule has 0 unspecified atom stereocenters. The second-order valence-electron chi connectivity index (χ2n) is 4.50. The van der Waals surface area contributed by atoms with Crippen LogP contribution in [0.15, 0.2) is 40.3 Å². The van der Waals surface area contributed by atoms with Gasteiger partial charge in [0.15, 0.2) is 0 Å². The van der Waals surface area contributed by atoms with Gasteiger partial charge in [0.25, 0.3) is 0 Å². The van der Waals surface area contributed by atoms with Gasteiger partial charge in [-0.1, -0.05) is 30.3 Å². The fourth-order valence-corrected chi connectivity index (χ4v) is 2.46. The summed E-state index contributed by atoms with van der Waals surface area (Å²) in [7, 11) is 0. The van der Waals surface area contributed by atoms with Crippen molar-refractivity contribution in [2.45, 2.75) is 12.8 Å². The zero-order valence-electron chi connectivity index (χ0n) is 9.97. The molecule has 0 aliphatic carbocycles. The topological polar surface area (TPSA) is 28.0 Å². The molecule has 1 aromatic rings. The third kappa shape index (κ3) is 2.09. The van der Waals surface area contributed by atoms with Crippen molar-refractivity contribution in [2.24, 2.45) is 9.98 Å². The summed E-state index contributed by atoms with van der Waals surface area (Å²) in [5.41, 5.74) is 2.27. The summed E-state index contributed by atoms with van der Waals surface area (Å²) >= 11 is 0. The lowest BCUT2D eigenvalue weighted by Gasteiger charge is -2.24. The first kappa shape index (κ1) is 10.5. The Bertz CT molecular complexity index is 442. The molecule has 0 aromatic heterocycles. The van der Waals surface area contributed by atoms with Crippen molar-refractivity contribution in [3.8, 4) is 0 Å². The second-order valence-corrected chi connectivity index (χ2v) is 4.50. The molecular formula is C14H17N3. The lowest BCUT2D eigenvalue weighted by Crippen LogP contribution is -2.37. The molecule has 0 atom stereocenters. The molecular weight excluding hydrogens is 210 g/mol. The highest BCUT2D eigenvalue weighted by Crippen LogP contribution is 2.14. The van der Waals surface area contributed by atoms with Gasteiger partial charge in [0.05, 0.1) is 13.1 Å². The van der Waals surface area contributed by atoms with E-state index in [1.807, 2.05) is 6.07 Å². The van der Waals surface area contributed by atoms with E-state index in [2.05, 4.69) is 39.2 Å². The van der Waals surface area contributed by atoms with Crippen LogP contribution < -0.4 is 0 Å². The Kier molecular flexibility index (Phi) is 2.90. The van der Waals surface area contributed by atoms with Gasteiger partial charge < -0.3 is 4.90 Å². The first-order chi connectivity index (χ1) is 8.45. The van der Waals surface area contributed by atoms with Crippen LogP contribution >= 0.6 is 0 Å².